The molecule has 1 aromatic heterocycles. The highest BCUT2D eigenvalue weighted by atomic mass is 32.2. The summed E-state index contributed by atoms with van der Waals surface area (Å²) in [5.74, 6) is 1.34. The summed E-state index contributed by atoms with van der Waals surface area (Å²) >= 11 is 1.32. The molecule has 7 nitrogen and oxygen atoms in total. The summed E-state index contributed by atoms with van der Waals surface area (Å²) in [4.78, 5) is 11.2. The van der Waals surface area contributed by atoms with Crippen molar-refractivity contribution in [2.24, 2.45) is 0 Å². The first-order valence-electron chi connectivity index (χ1n) is 10.1. The van der Waals surface area contributed by atoms with Crippen molar-refractivity contribution in [1.29, 1.82) is 0 Å². The molecule has 0 aliphatic heterocycles. The molecular formula is C24H22N4O3S. The molecule has 0 radical (unpaired) electrons. The number of aryl methyl sites for hydroxylation is 1. The predicted octanol–water partition coefficient (Wildman–Crippen LogP) is 5.26. The number of nitrogens with zero attached hydrogens (tertiary/aromatic N) is 4. The third kappa shape index (κ3) is 5.15. The van der Waals surface area contributed by atoms with Gasteiger partial charge in [-0.15, -0.1) is 10.2 Å². The van der Waals surface area contributed by atoms with Gasteiger partial charge in [0.05, 0.1) is 0 Å². The SMILES string of the molecule is Cc1nnc(S[C@H](C[N+](=O)[O-])c2ccccc2OCc2ccccc2)n1-c1ccccc1. The van der Waals surface area contributed by atoms with Crippen LogP contribution in [0.4, 0.5) is 0 Å². The normalized spacial score (nSPS) is 11.8. The van der Waals surface area contributed by atoms with Crippen molar-refractivity contribution in [3.63, 3.8) is 0 Å². The number of hydrogen-bond acceptors (Lipinski definition) is 6. The lowest BCUT2D eigenvalue weighted by molar-refractivity contribution is -0.479. The molecule has 8 heteroatoms. The van der Waals surface area contributed by atoms with Crippen LogP contribution in [-0.2, 0) is 6.61 Å². The summed E-state index contributed by atoms with van der Waals surface area (Å²) in [5.41, 5.74) is 2.69. The molecule has 0 N–H and O–H groups in total. The van der Waals surface area contributed by atoms with Crippen LogP contribution in [0.1, 0.15) is 22.2 Å². The van der Waals surface area contributed by atoms with Crippen LogP contribution >= 0.6 is 11.8 Å². The van der Waals surface area contributed by atoms with Crippen molar-refractivity contribution in [1.82, 2.24) is 14.8 Å². The average Bonchev–Trinajstić information content (AvgIpc) is 3.18. The Morgan fingerprint density at radius 2 is 1.62 bits per heavy atom. The van der Waals surface area contributed by atoms with Crippen LogP contribution in [0.2, 0.25) is 0 Å². The maximum atomic E-state index is 11.5. The zero-order valence-corrected chi connectivity index (χ0v) is 18.3. The topological polar surface area (TPSA) is 83.1 Å². The summed E-state index contributed by atoms with van der Waals surface area (Å²) in [6.45, 7) is 1.98. The van der Waals surface area contributed by atoms with E-state index in [1.165, 1.54) is 11.8 Å². The van der Waals surface area contributed by atoms with E-state index >= 15 is 0 Å². The molecule has 0 unspecified atom stereocenters. The lowest BCUT2D eigenvalue weighted by atomic mass is 10.1. The van der Waals surface area contributed by atoms with E-state index < -0.39 is 5.25 Å². The molecular weight excluding hydrogens is 424 g/mol. The fraction of sp³-hybridized carbons (Fsp3) is 0.167. The Bertz CT molecular complexity index is 1180. The van der Waals surface area contributed by atoms with Crippen LogP contribution in [0.3, 0.4) is 0 Å². The van der Waals surface area contributed by atoms with Gasteiger partial charge in [0.1, 0.15) is 23.4 Å². The number of rotatable bonds is 9. The van der Waals surface area contributed by atoms with Gasteiger partial charge in [-0.3, -0.25) is 14.7 Å². The van der Waals surface area contributed by atoms with E-state index in [1.54, 1.807) is 0 Å². The standard InChI is InChI=1S/C24H22N4O3S/c1-18-25-26-24(28(18)20-12-6-3-7-13-20)32-23(16-27(29)30)21-14-8-9-15-22(21)31-17-19-10-4-2-5-11-19/h2-15,23H,16-17H2,1H3/t23-/m1/s1. The second-order valence-electron chi connectivity index (χ2n) is 7.13. The van der Waals surface area contributed by atoms with E-state index in [2.05, 4.69) is 10.2 Å². The van der Waals surface area contributed by atoms with E-state index in [1.807, 2.05) is 96.4 Å². The molecule has 162 valence electrons. The Morgan fingerprint density at radius 1 is 0.969 bits per heavy atom. The number of ether oxygens (including phenoxy) is 1. The van der Waals surface area contributed by atoms with Gasteiger partial charge in [0.2, 0.25) is 6.54 Å². The van der Waals surface area contributed by atoms with Gasteiger partial charge < -0.3 is 4.74 Å². The molecule has 1 heterocycles. The van der Waals surface area contributed by atoms with Crippen molar-refractivity contribution in [3.8, 4) is 11.4 Å². The van der Waals surface area contributed by atoms with Crippen LogP contribution in [-0.4, -0.2) is 26.2 Å². The Labute approximate surface area is 190 Å². The summed E-state index contributed by atoms with van der Waals surface area (Å²) in [5, 5.41) is 20.1. The van der Waals surface area contributed by atoms with Gasteiger partial charge in [-0.05, 0) is 30.7 Å². The second kappa shape index (κ2) is 10.1. The summed E-state index contributed by atoms with van der Waals surface area (Å²) < 4.78 is 7.97. The zero-order valence-electron chi connectivity index (χ0n) is 17.5. The minimum Gasteiger partial charge on any atom is -0.489 e. The first-order valence-corrected chi connectivity index (χ1v) is 11.0. The molecule has 4 rings (SSSR count). The van der Waals surface area contributed by atoms with Crippen molar-refractivity contribution >= 4 is 11.8 Å². The molecule has 0 fully saturated rings. The second-order valence-corrected chi connectivity index (χ2v) is 8.30. The predicted molar refractivity (Wildman–Crippen MR) is 124 cm³/mol. The van der Waals surface area contributed by atoms with Crippen LogP contribution in [0.5, 0.6) is 5.75 Å². The molecule has 4 aromatic rings. The molecule has 0 aliphatic carbocycles. The zero-order chi connectivity index (χ0) is 22.3. The van der Waals surface area contributed by atoms with Gasteiger partial charge in [-0.1, -0.05) is 78.5 Å². The van der Waals surface area contributed by atoms with Gasteiger partial charge in [0.15, 0.2) is 5.16 Å². The highest BCUT2D eigenvalue weighted by Crippen LogP contribution is 2.40. The summed E-state index contributed by atoms with van der Waals surface area (Å²) in [6.07, 6.45) is 0. The van der Waals surface area contributed by atoms with Crippen LogP contribution in [0.15, 0.2) is 90.1 Å². The highest BCUT2D eigenvalue weighted by molar-refractivity contribution is 7.99. The van der Waals surface area contributed by atoms with Crippen molar-refractivity contribution < 1.29 is 9.66 Å². The maximum absolute atomic E-state index is 11.5. The fourth-order valence-corrected chi connectivity index (χ4v) is 4.57. The molecule has 0 bridgehead atoms. The Kier molecular flexibility index (Phi) is 6.81. The molecule has 0 spiro atoms. The molecule has 0 saturated carbocycles. The Morgan fingerprint density at radius 3 is 2.34 bits per heavy atom. The number of aromatic nitrogens is 3. The molecule has 0 saturated heterocycles. The van der Waals surface area contributed by atoms with Crippen LogP contribution in [0.25, 0.3) is 5.69 Å². The van der Waals surface area contributed by atoms with Gasteiger partial charge in [0.25, 0.3) is 0 Å². The van der Waals surface area contributed by atoms with E-state index in [9.17, 15) is 10.1 Å². The minimum absolute atomic E-state index is 0.267. The Hall–Kier alpha value is -3.65. The molecule has 1 atom stereocenters. The molecule has 0 amide bonds. The fourth-order valence-electron chi connectivity index (χ4n) is 3.37. The van der Waals surface area contributed by atoms with Crippen molar-refractivity contribution in [2.75, 3.05) is 6.54 Å². The first-order chi connectivity index (χ1) is 15.6. The quantitative estimate of drug-likeness (QED) is 0.198. The van der Waals surface area contributed by atoms with Crippen molar-refractivity contribution in [2.45, 2.75) is 23.9 Å². The van der Waals surface area contributed by atoms with E-state index in [4.69, 9.17) is 4.74 Å². The number of benzene rings is 3. The van der Waals surface area contributed by atoms with E-state index in [-0.39, 0.29) is 11.5 Å². The molecule has 3 aromatic carbocycles. The van der Waals surface area contributed by atoms with Gasteiger partial charge in [0, 0.05) is 16.2 Å². The van der Waals surface area contributed by atoms with Gasteiger partial charge in [-0.25, -0.2) is 0 Å². The lowest BCUT2D eigenvalue weighted by Crippen LogP contribution is -2.12. The van der Waals surface area contributed by atoms with Gasteiger partial charge in [-0.2, -0.15) is 0 Å². The number of para-hydroxylation sites is 2. The van der Waals surface area contributed by atoms with Crippen LogP contribution < -0.4 is 4.74 Å². The van der Waals surface area contributed by atoms with Crippen molar-refractivity contribution in [3.05, 3.63) is 112 Å². The highest BCUT2D eigenvalue weighted by Gasteiger charge is 2.26. The minimum atomic E-state index is -0.497. The monoisotopic (exact) mass is 446 g/mol. The Balaban J connectivity index is 1.64. The number of hydrogen-bond donors (Lipinski definition) is 0. The molecule has 32 heavy (non-hydrogen) atoms. The van der Waals surface area contributed by atoms with Crippen LogP contribution in [0, 0.1) is 17.0 Å². The van der Waals surface area contributed by atoms with E-state index in [0.717, 1.165) is 16.8 Å². The summed E-state index contributed by atoms with van der Waals surface area (Å²) in [6, 6.07) is 27.0. The summed E-state index contributed by atoms with van der Waals surface area (Å²) in [7, 11) is 0. The third-order valence-corrected chi connectivity index (χ3v) is 6.04. The smallest absolute Gasteiger partial charge is 0.220 e. The lowest BCUT2D eigenvalue weighted by Gasteiger charge is -2.18. The van der Waals surface area contributed by atoms with Gasteiger partial charge >= 0.3 is 0 Å². The molecule has 0 aliphatic rings. The largest absolute Gasteiger partial charge is 0.489 e. The first kappa shape index (κ1) is 21.6. The third-order valence-electron chi connectivity index (χ3n) is 4.88. The van der Waals surface area contributed by atoms with E-state index in [0.29, 0.717) is 23.3 Å². The maximum Gasteiger partial charge on any atom is 0.220 e. The average molecular weight is 447 g/mol. The number of nitro groups is 1. The number of thioether (sulfide) groups is 1.